The Morgan fingerprint density at radius 2 is 0.713 bits per heavy atom. The van der Waals surface area contributed by atoms with E-state index in [2.05, 4.69) is 294 Å². The van der Waals surface area contributed by atoms with Crippen LogP contribution in [0.5, 0.6) is 0 Å². The lowest BCUT2D eigenvalue weighted by atomic mass is 9.70. The molecule has 14 aromatic rings. The number of furan rings is 2. The maximum absolute atomic E-state index is 7.60. The van der Waals surface area contributed by atoms with Crippen molar-refractivity contribution >= 4 is 101 Å². The molecule has 0 N–H and O–H groups in total. The minimum Gasteiger partial charge on any atom is -0.455 e. The molecule has 0 atom stereocenters. The summed E-state index contributed by atoms with van der Waals surface area (Å²) in [6.45, 7) is 13.6. The van der Waals surface area contributed by atoms with E-state index in [1.807, 2.05) is 12.1 Å². The molecule has 2 aliphatic rings. The first-order valence-corrected chi connectivity index (χ1v) is 30.7. The molecule has 0 saturated heterocycles. The maximum Gasteiger partial charge on any atom is 0.160 e. The van der Waals surface area contributed by atoms with Gasteiger partial charge in [-0.25, -0.2) is 0 Å². The van der Waals surface area contributed by atoms with Gasteiger partial charge < -0.3 is 18.6 Å². The van der Waals surface area contributed by atoms with E-state index < -0.39 is 5.41 Å². The number of halogens is 2. The summed E-state index contributed by atoms with van der Waals surface area (Å²) in [7, 11) is 0. The third kappa shape index (κ3) is 8.26. The Bertz CT molecular complexity index is 5000. The third-order valence-corrected chi connectivity index (χ3v) is 18.8. The highest BCUT2D eigenvalue weighted by molar-refractivity contribution is 6.32. The van der Waals surface area contributed by atoms with E-state index in [0.29, 0.717) is 10.0 Å². The normalized spacial score (nSPS) is 13.1. The highest BCUT2D eigenvalue weighted by Gasteiger charge is 2.55. The lowest BCUT2D eigenvalue weighted by Gasteiger charge is -2.34. The minimum atomic E-state index is -1.02. The van der Waals surface area contributed by atoms with E-state index >= 15 is 0 Å². The molecule has 0 aliphatic heterocycles. The van der Waals surface area contributed by atoms with E-state index in [0.717, 1.165) is 145 Å². The van der Waals surface area contributed by atoms with Gasteiger partial charge in [0.1, 0.15) is 16.7 Å². The van der Waals surface area contributed by atoms with Crippen molar-refractivity contribution in [3.8, 4) is 44.5 Å². The first-order chi connectivity index (χ1) is 42.2. The summed E-state index contributed by atoms with van der Waals surface area (Å²) < 4.78 is 15.0. The molecule has 0 unspecified atom stereocenters. The molecule has 87 heavy (non-hydrogen) atoms. The molecule has 420 valence electrons. The second-order valence-corrected chi connectivity index (χ2v) is 26.3. The predicted octanol–water partition coefficient (Wildman–Crippen LogP) is 24.0. The second kappa shape index (κ2) is 19.7. The van der Waals surface area contributed by atoms with Crippen LogP contribution in [0.25, 0.3) is 88.4 Å². The largest absolute Gasteiger partial charge is 0.455 e. The summed E-state index contributed by atoms with van der Waals surface area (Å²) >= 11 is 14.9. The van der Waals surface area contributed by atoms with Crippen LogP contribution in [0.4, 0.5) is 34.1 Å². The molecule has 0 saturated carbocycles. The van der Waals surface area contributed by atoms with E-state index in [9.17, 15) is 0 Å². The quantitative estimate of drug-likeness (QED) is 0.152. The Labute approximate surface area is 517 Å². The molecule has 2 heterocycles. The first-order valence-electron chi connectivity index (χ1n) is 29.9. The Balaban J connectivity index is 1.07. The number of hydrogen-bond donors (Lipinski definition) is 0. The molecule has 1 spiro atoms. The fraction of sp³-hybridized carbons (Fsp3) is 0.111. The maximum atomic E-state index is 7.60. The molecular weight excluding hydrogens is 1100 g/mol. The van der Waals surface area contributed by atoms with Gasteiger partial charge in [0.2, 0.25) is 0 Å². The molecule has 2 aromatic heterocycles. The summed E-state index contributed by atoms with van der Waals surface area (Å²) in [6, 6.07) is 92.0. The van der Waals surface area contributed by atoms with Crippen molar-refractivity contribution in [2.75, 3.05) is 9.80 Å². The summed E-state index contributed by atoms with van der Waals surface area (Å²) in [5.74, 6) is 0. The molecule has 16 rings (SSSR count). The van der Waals surface area contributed by atoms with Gasteiger partial charge in [-0.2, -0.15) is 0 Å². The van der Waals surface area contributed by atoms with Gasteiger partial charge in [0, 0.05) is 60.1 Å². The number of fused-ring (bicyclic) bond motifs is 18. The zero-order valence-electron chi connectivity index (χ0n) is 49.2. The van der Waals surface area contributed by atoms with Gasteiger partial charge in [0.05, 0.1) is 22.2 Å². The topological polar surface area (TPSA) is 32.8 Å². The van der Waals surface area contributed by atoms with E-state index in [1.54, 1.807) is 0 Å². The van der Waals surface area contributed by atoms with Gasteiger partial charge in [0.25, 0.3) is 0 Å². The minimum absolute atomic E-state index is 0.0647. The lowest BCUT2D eigenvalue weighted by Crippen LogP contribution is -2.27. The van der Waals surface area contributed by atoms with Gasteiger partial charge in [-0.15, -0.1) is 0 Å². The average Bonchev–Trinajstić information content (AvgIpc) is 1.50. The molecule has 2 aliphatic carbocycles. The monoisotopic (exact) mass is 1160 g/mol. The van der Waals surface area contributed by atoms with Gasteiger partial charge in [-0.05, 0) is 175 Å². The van der Waals surface area contributed by atoms with Crippen molar-refractivity contribution < 1.29 is 8.83 Å². The Kier molecular flexibility index (Phi) is 12.0. The standard InChI is InChI=1S/C81H60Cl2N2O2/c1-79(2,3)53-29-39-59(40-30-53)84(57-35-25-51(26-36-57)49-17-9-7-10-18-49)69-47-68-76(78-73(69)63-21-13-15-23-71(63)87-78)75-67(81(68)65-45-55(82)33-43-61(65)62-44-34-56(83)46-66(62)81)48-70(77-74(75)64-22-14-16-24-72(64)86-77)85(60-41-31-54(32-42-60)80(4,5)6)58-37-27-52(28-38-58)50-19-11-8-12-20-50/h7-48H,1-6H3. The second-order valence-electron chi connectivity index (χ2n) is 25.5. The summed E-state index contributed by atoms with van der Waals surface area (Å²) in [5, 5.41) is 5.28. The molecular formula is C81H60Cl2N2O2. The van der Waals surface area contributed by atoms with Crippen molar-refractivity contribution in [1.29, 1.82) is 0 Å². The van der Waals surface area contributed by atoms with Crippen molar-refractivity contribution in [2.24, 2.45) is 0 Å². The van der Waals surface area contributed by atoms with Crippen LogP contribution < -0.4 is 9.80 Å². The predicted molar refractivity (Wildman–Crippen MR) is 365 cm³/mol. The van der Waals surface area contributed by atoms with Crippen LogP contribution >= 0.6 is 23.2 Å². The molecule has 0 radical (unpaired) electrons. The first kappa shape index (κ1) is 52.9. The van der Waals surface area contributed by atoms with Crippen molar-refractivity contribution in [3.05, 3.63) is 298 Å². The Hall–Kier alpha value is -9.58. The van der Waals surface area contributed by atoms with Crippen LogP contribution in [0.15, 0.2) is 264 Å². The molecule has 6 heteroatoms. The number of benzene rings is 12. The van der Waals surface area contributed by atoms with Crippen molar-refractivity contribution in [3.63, 3.8) is 0 Å². The highest BCUT2D eigenvalue weighted by Crippen LogP contribution is 2.68. The Morgan fingerprint density at radius 3 is 1.18 bits per heavy atom. The van der Waals surface area contributed by atoms with Crippen LogP contribution in [-0.4, -0.2) is 0 Å². The third-order valence-electron chi connectivity index (χ3n) is 18.3. The SMILES string of the molecule is CC(C)(C)c1ccc(N(c2ccc(-c3ccccc3)cc2)c2cc3c(c4c2oc2ccccc24)-c2c(cc(N(c4ccc(-c5ccccc5)cc4)c4ccc(C(C)(C)C)cc4)c4c2oc2ccccc24)C32c3cc(Cl)ccc3-c3ccc(Cl)cc32)cc1. The van der Waals surface area contributed by atoms with Gasteiger partial charge in [-0.3, -0.25) is 0 Å². The van der Waals surface area contributed by atoms with Crippen molar-refractivity contribution in [2.45, 2.75) is 57.8 Å². The van der Waals surface area contributed by atoms with E-state index in [-0.39, 0.29) is 10.8 Å². The van der Waals surface area contributed by atoms with Crippen molar-refractivity contribution in [1.82, 2.24) is 0 Å². The smallest absolute Gasteiger partial charge is 0.160 e. The number of nitrogens with zero attached hydrogens (tertiary/aromatic N) is 2. The summed E-state index contributed by atoms with van der Waals surface area (Å²) in [4.78, 5) is 4.82. The highest BCUT2D eigenvalue weighted by atomic mass is 35.5. The van der Waals surface area contributed by atoms with Crippen LogP contribution in [0.3, 0.4) is 0 Å². The fourth-order valence-electron chi connectivity index (χ4n) is 14.1. The van der Waals surface area contributed by atoms with E-state index in [1.165, 1.54) is 11.1 Å². The van der Waals surface area contributed by atoms with E-state index in [4.69, 9.17) is 32.0 Å². The fourth-order valence-corrected chi connectivity index (χ4v) is 14.5. The van der Waals surface area contributed by atoms with Gasteiger partial charge >= 0.3 is 0 Å². The van der Waals surface area contributed by atoms with Crippen LogP contribution in [-0.2, 0) is 16.2 Å². The zero-order valence-corrected chi connectivity index (χ0v) is 50.7. The summed E-state index contributed by atoms with van der Waals surface area (Å²) in [6.07, 6.45) is 0. The number of rotatable bonds is 8. The molecule has 0 amide bonds. The van der Waals surface area contributed by atoms with Gasteiger partial charge in [0.15, 0.2) is 5.58 Å². The molecule has 0 bridgehead atoms. The summed E-state index contributed by atoms with van der Waals surface area (Å²) in [5.41, 5.74) is 23.4. The molecule has 0 fully saturated rings. The number of para-hydroxylation sites is 2. The molecule has 12 aromatic carbocycles. The molecule has 4 nitrogen and oxygen atoms in total. The van der Waals surface area contributed by atoms with Crippen LogP contribution in [0, 0.1) is 0 Å². The Morgan fingerprint density at radius 1 is 0.333 bits per heavy atom. The van der Waals surface area contributed by atoms with Crippen LogP contribution in [0.1, 0.15) is 74.9 Å². The number of anilines is 6. The average molecular weight is 1160 g/mol. The number of hydrogen-bond acceptors (Lipinski definition) is 4. The lowest BCUT2D eigenvalue weighted by molar-refractivity contribution is 0.590. The zero-order chi connectivity index (χ0) is 59.1. The van der Waals surface area contributed by atoms with Crippen LogP contribution in [0.2, 0.25) is 10.0 Å². The van der Waals surface area contributed by atoms with Gasteiger partial charge in [-0.1, -0.05) is 222 Å².